The van der Waals surface area contributed by atoms with E-state index in [9.17, 15) is 8.78 Å². The van der Waals surface area contributed by atoms with Gasteiger partial charge >= 0.3 is 0 Å². The zero-order valence-corrected chi connectivity index (χ0v) is 9.72. The highest BCUT2D eigenvalue weighted by atomic mass is 19.1. The summed E-state index contributed by atoms with van der Waals surface area (Å²) < 4.78 is 27.7. The van der Waals surface area contributed by atoms with Gasteiger partial charge in [0.15, 0.2) is 0 Å². The highest BCUT2D eigenvalue weighted by molar-refractivity contribution is 5.69. The second-order valence-electron chi connectivity index (χ2n) is 4.13. The second kappa shape index (κ2) is 4.17. The number of hydrogen-bond donors (Lipinski definition) is 1. The summed E-state index contributed by atoms with van der Waals surface area (Å²) in [5.74, 6) is -0.895. The van der Waals surface area contributed by atoms with Crippen LogP contribution < -0.4 is 5.73 Å². The van der Waals surface area contributed by atoms with Gasteiger partial charge in [-0.25, -0.2) is 8.78 Å². The third kappa shape index (κ3) is 2.00. The van der Waals surface area contributed by atoms with Crippen molar-refractivity contribution in [3.05, 3.63) is 53.1 Å². The molecule has 0 fully saturated rings. The highest BCUT2D eigenvalue weighted by Gasteiger charge is 2.12. The zero-order chi connectivity index (χ0) is 12.6. The van der Waals surface area contributed by atoms with Crippen LogP contribution in [0.4, 0.5) is 14.5 Å². The lowest BCUT2D eigenvalue weighted by atomic mass is 9.99. The van der Waals surface area contributed by atoms with Crippen molar-refractivity contribution in [2.45, 2.75) is 13.8 Å². The molecule has 0 heterocycles. The molecule has 0 aliphatic heterocycles. The van der Waals surface area contributed by atoms with Crippen molar-refractivity contribution >= 4 is 5.69 Å². The Bertz CT molecular complexity index is 577. The van der Waals surface area contributed by atoms with Crippen LogP contribution in [0.3, 0.4) is 0 Å². The maximum atomic E-state index is 13.9. The molecule has 0 aromatic heterocycles. The number of anilines is 1. The fourth-order valence-corrected chi connectivity index (χ4v) is 1.76. The third-order valence-electron chi connectivity index (χ3n) is 2.84. The molecule has 0 saturated heterocycles. The zero-order valence-electron chi connectivity index (χ0n) is 9.72. The van der Waals surface area contributed by atoms with Gasteiger partial charge in [0.1, 0.15) is 11.6 Å². The van der Waals surface area contributed by atoms with E-state index < -0.39 is 11.6 Å². The van der Waals surface area contributed by atoms with Gasteiger partial charge in [0.25, 0.3) is 0 Å². The second-order valence-corrected chi connectivity index (χ2v) is 4.13. The van der Waals surface area contributed by atoms with Crippen molar-refractivity contribution in [3.63, 3.8) is 0 Å². The lowest BCUT2D eigenvalue weighted by molar-refractivity contribution is 0.611. The number of halogens is 2. The Balaban J connectivity index is 2.69. The Morgan fingerprint density at radius 3 is 2.35 bits per heavy atom. The molecule has 88 valence electrons. The van der Waals surface area contributed by atoms with Gasteiger partial charge < -0.3 is 5.73 Å². The molecule has 0 unspecified atom stereocenters. The first-order valence-corrected chi connectivity index (χ1v) is 5.32. The van der Waals surface area contributed by atoms with Gasteiger partial charge in [-0.05, 0) is 37.1 Å². The fourth-order valence-electron chi connectivity index (χ4n) is 1.76. The average Bonchev–Trinajstić information content (AvgIpc) is 2.28. The molecule has 2 rings (SSSR count). The van der Waals surface area contributed by atoms with E-state index in [0.29, 0.717) is 11.3 Å². The first-order valence-electron chi connectivity index (χ1n) is 5.32. The molecule has 17 heavy (non-hydrogen) atoms. The van der Waals surface area contributed by atoms with Crippen LogP contribution in [0.25, 0.3) is 11.1 Å². The summed E-state index contributed by atoms with van der Waals surface area (Å²) in [5, 5.41) is 0. The lowest BCUT2D eigenvalue weighted by Gasteiger charge is -2.09. The summed E-state index contributed by atoms with van der Waals surface area (Å²) in [4.78, 5) is 0. The molecular weight excluding hydrogens is 220 g/mol. The summed E-state index contributed by atoms with van der Waals surface area (Å²) in [6.07, 6.45) is 0. The minimum Gasteiger partial charge on any atom is -0.398 e. The number of nitrogens with two attached hydrogens (primary N) is 1. The van der Waals surface area contributed by atoms with Gasteiger partial charge in [-0.3, -0.25) is 0 Å². The number of benzene rings is 2. The van der Waals surface area contributed by atoms with E-state index in [1.807, 2.05) is 0 Å². The van der Waals surface area contributed by atoms with Crippen molar-refractivity contribution in [3.8, 4) is 11.1 Å². The number of hydrogen-bond acceptors (Lipinski definition) is 1. The fraction of sp³-hybridized carbons (Fsp3) is 0.143. The summed E-state index contributed by atoms with van der Waals surface area (Å²) in [5.41, 5.74) is 7.73. The standard InChI is InChI=1S/C14H13F2N/c1-8-4-3-5-10(14(8)16)11-6-9(2)13(17)7-12(11)15/h3-7H,17H2,1-2H3. The van der Waals surface area contributed by atoms with Crippen LogP contribution in [-0.4, -0.2) is 0 Å². The smallest absolute Gasteiger partial charge is 0.134 e. The van der Waals surface area contributed by atoms with Crippen molar-refractivity contribution in [2.24, 2.45) is 0 Å². The molecule has 0 aliphatic rings. The minimum atomic E-state index is -0.502. The van der Waals surface area contributed by atoms with Crippen molar-refractivity contribution in [1.82, 2.24) is 0 Å². The van der Waals surface area contributed by atoms with E-state index >= 15 is 0 Å². The van der Waals surface area contributed by atoms with E-state index in [4.69, 9.17) is 5.73 Å². The number of rotatable bonds is 1. The molecular formula is C14H13F2N. The molecule has 0 saturated carbocycles. The maximum Gasteiger partial charge on any atom is 0.134 e. The summed E-state index contributed by atoms with van der Waals surface area (Å²) in [6, 6.07) is 7.73. The van der Waals surface area contributed by atoms with E-state index in [0.717, 1.165) is 5.56 Å². The van der Waals surface area contributed by atoms with E-state index in [2.05, 4.69) is 0 Å². The molecule has 3 heteroatoms. The van der Waals surface area contributed by atoms with Crippen molar-refractivity contribution < 1.29 is 8.78 Å². The molecule has 0 radical (unpaired) electrons. The lowest BCUT2D eigenvalue weighted by Crippen LogP contribution is -1.96. The van der Waals surface area contributed by atoms with Crippen LogP contribution >= 0.6 is 0 Å². The normalized spacial score (nSPS) is 10.6. The Kier molecular flexibility index (Phi) is 2.84. The maximum absolute atomic E-state index is 13.9. The van der Waals surface area contributed by atoms with Gasteiger partial charge in [0.2, 0.25) is 0 Å². The number of aryl methyl sites for hydroxylation is 2. The molecule has 0 amide bonds. The van der Waals surface area contributed by atoms with Crippen LogP contribution in [-0.2, 0) is 0 Å². The topological polar surface area (TPSA) is 26.0 Å². The predicted octanol–water partition coefficient (Wildman–Crippen LogP) is 3.83. The Morgan fingerprint density at radius 1 is 0.941 bits per heavy atom. The van der Waals surface area contributed by atoms with Gasteiger partial charge in [0, 0.05) is 16.8 Å². The van der Waals surface area contributed by atoms with Crippen LogP contribution in [0.1, 0.15) is 11.1 Å². The molecule has 0 aliphatic carbocycles. The SMILES string of the molecule is Cc1cc(-c2cccc(C)c2F)c(F)cc1N. The first-order chi connectivity index (χ1) is 8.00. The predicted molar refractivity (Wildman–Crippen MR) is 65.7 cm³/mol. The summed E-state index contributed by atoms with van der Waals surface area (Å²) in [6.45, 7) is 3.42. The summed E-state index contributed by atoms with van der Waals surface area (Å²) >= 11 is 0. The molecule has 1 nitrogen and oxygen atoms in total. The summed E-state index contributed by atoms with van der Waals surface area (Å²) in [7, 11) is 0. The molecule has 0 bridgehead atoms. The first kappa shape index (κ1) is 11.6. The van der Waals surface area contributed by atoms with Gasteiger partial charge in [-0.15, -0.1) is 0 Å². The van der Waals surface area contributed by atoms with E-state index in [-0.39, 0.29) is 11.1 Å². The monoisotopic (exact) mass is 233 g/mol. The molecule has 2 N–H and O–H groups in total. The molecule has 2 aromatic rings. The highest BCUT2D eigenvalue weighted by Crippen LogP contribution is 2.30. The largest absolute Gasteiger partial charge is 0.398 e. The van der Waals surface area contributed by atoms with Crippen LogP contribution in [0.2, 0.25) is 0 Å². The van der Waals surface area contributed by atoms with Gasteiger partial charge in [-0.2, -0.15) is 0 Å². The Labute approximate surface area is 98.9 Å². The third-order valence-corrected chi connectivity index (χ3v) is 2.84. The minimum absolute atomic E-state index is 0.248. The van der Waals surface area contributed by atoms with Crippen LogP contribution in [0, 0.1) is 25.5 Å². The van der Waals surface area contributed by atoms with E-state index in [1.165, 1.54) is 6.07 Å². The van der Waals surface area contributed by atoms with Crippen LogP contribution in [0.5, 0.6) is 0 Å². The van der Waals surface area contributed by atoms with Crippen molar-refractivity contribution in [1.29, 1.82) is 0 Å². The Morgan fingerprint density at radius 2 is 1.65 bits per heavy atom. The average molecular weight is 233 g/mol. The van der Waals surface area contributed by atoms with Crippen LogP contribution in [0.15, 0.2) is 30.3 Å². The van der Waals surface area contributed by atoms with Gasteiger partial charge in [0.05, 0.1) is 0 Å². The Hall–Kier alpha value is -1.90. The van der Waals surface area contributed by atoms with Crippen molar-refractivity contribution in [2.75, 3.05) is 5.73 Å². The van der Waals surface area contributed by atoms with E-state index in [1.54, 1.807) is 38.1 Å². The molecule has 0 spiro atoms. The molecule has 0 atom stereocenters. The molecule has 2 aromatic carbocycles. The quantitative estimate of drug-likeness (QED) is 0.744. The van der Waals surface area contributed by atoms with Gasteiger partial charge in [-0.1, -0.05) is 18.2 Å². The number of nitrogen functional groups attached to an aromatic ring is 1.